The Kier molecular flexibility index (Phi) is 4.09. The van der Waals surface area contributed by atoms with Gasteiger partial charge in [-0.1, -0.05) is 0 Å². The Morgan fingerprint density at radius 1 is 1.25 bits per heavy atom. The zero-order valence-electron chi connectivity index (χ0n) is 11.1. The number of anilines is 1. The van der Waals surface area contributed by atoms with Crippen molar-refractivity contribution in [1.29, 1.82) is 0 Å². The zero-order valence-corrected chi connectivity index (χ0v) is 12.7. The van der Waals surface area contributed by atoms with Crippen LogP contribution >= 0.6 is 11.5 Å². The standard InChI is InChI=1S/C11H13N3O4S2/c1-14(9-6-8(17-2)4-5-12-9)20(15,16)11-7-10(18-3)13-19-11/h4-7H,1-3H3. The van der Waals surface area contributed by atoms with Crippen LogP contribution in [-0.2, 0) is 10.0 Å². The molecule has 0 amide bonds. The first-order valence-corrected chi connectivity index (χ1v) is 7.70. The number of nitrogens with zero attached hydrogens (tertiary/aromatic N) is 3. The SMILES string of the molecule is COc1ccnc(N(C)S(=O)(=O)c2cc(OC)ns2)c1. The molecule has 0 fully saturated rings. The van der Waals surface area contributed by atoms with Gasteiger partial charge in [-0.25, -0.2) is 13.4 Å². The fourth-order valence-corrected chi connectivity index (χ4v) is 3.57. The Hall–Kier alpha value is -1.87. The molecular weight excluding hydrogens is 302 g/mol. The first kappa shape index (κ1) is 14.5. The van der Waals surface area contributed by atoms with Crippen LogP contribution in [-0.4, -0.2) is 39.0 Å². The van der Waals surface area contributed by atoms with Gasteiger partial charge in [0.05, 0.1) is 14.2 Å². The second-order valence-corrected chi connectivity index (χ2v) is 6.72. The Bertz CT molecular complexity index is 699. The summed E-state index contributed by atoms with van der Waals surface area (Å²) in [6.07, 6.45) is 1.48. The lowest BCUT2D eigenvalue weighted by atomic mass is 10.4. The summed E-state index contributed by atoms with van der Waals surface area (Å²) in [5, 5.41) is 0. The molecule has 0 atom stereocenters. The Morgan fingerprint density at radius 3 is 2.60 bits per heavy atom. The van der Waals surface area contributed by atoms with Gasteiger partial charge in [-0.15, -0.1) is 0 Å². The van der Waals surface area contributed by atoms with Crippen molar-refractivity contribution in [3.8, 4) is 11.6 Å². The lowest BCUT2D eigenvalue weighted by molar-refractivity contribution is 0.402. The van der Waals surface area contributed by atoms with Crippen LogP contribution in [0.2, 0.25) is 0 Å². The van der Waals surface area contributed by atoms with Crippen LogP contribution in [0.5, 0.6) is 11.6 Å². The van der Waals surface area contributed by atoms with Crippen LogP contribution in [0.25, 0.3) is 0 Å². The molecule has 2 aromatic rings. The number of sulfonamides is 1. The quantitative estimate of drug-likeness (QED) is 0.829. The molecule has 0 N–H and O–H groups in total. The van der Waals surface area contributed by atoms with Gasteiger partial charge in [0.25, 0.3) is 10.0 Å². The van der Waals surface area contributed by atoms with Crippen molar-refractivity contribution in [2.24, 2.45) is 0 Å². The number of ether oxygens (including phenoxy) is 2. The summed E-state index contributed by atoms with van der Waals surface area (Å²) >= 11 is 0.850. The average molecular weight is 315 g/mol. The molecular formula is C11H13N3O4S2. The highest BCUT2D eigenvalue weighted by atomic mass is 32.2. The summed E-state index contributed by atoms with van der Waals surface area (Å²) in [7, 11) is 0.636. The molecule has 0 spiro atoms. The van der Waals surface area contributed by atoms with Gasteiger partial charge in [0.1, 0.15) is 11.6 Å². The highest BCUT2D eigenvalue weighted by molar-refractivity contribution is 7.94. The molecule has 0 saturated carbocycles. The number of methoxy groups -OCH3 is 2. The third-order valence-corrected chi connectivity index (χ3v) is 5.53. The lowest BCUT2D eigenvalue weighted by Crippen LogP contribution is -2.26. The third kappa shape index (κ3) is 2.68. The lowest BCUT2D eigenvalue weighted by Gasteiger charge is -2.17. The van der Waals surface area contributed by atoms with Gasteiger partial charge >= 0.3 is 0 Å². The predicted octanol–water partition coefficient (Wildman–Crippen LogP) is 1.38. The first-order valence-electron chi connectivity index (χ1n) is 5.48. The maximum atomic E-state index is 12.4. The molecule has 2 rings (SSSR count). The topological polar surface area (TPSA) is 81.6 Å². The van der Waals surface area contributed by atoms with Crippen molar-refractivity contribution in [2.45, 2.75) is 4.21 Å². The van der Waals surface area contributed by atoms with Crippen LogP contribution in [0.1, 0.15) is 0 Å². The Balaban J connectivity index is 2.37. The van der Waals surface area contributed by atoms with E-state index >= 15 is 0 Å². The van der Waals surface area contributed by atoms with E-state index in [1.807, 2.05) is 0 Å². The van der Waals surface area contributed by atoms with Gasteiger partial charge in [0.2, 0.25) is 5.88 Å². The second kappa shape index (κ2) is 5.63. The number of pyridine rings is 1. The van der Waals surface area contributed by atoms with E-state index in [1.165, 1.54) is 39.6 Å². The first-order chi connectivity index (χ1) is 9.48. The van der Waals surface area contributed by atoms with E-state index in [-0.39, 0.29) is 15.9 Å². The van der Waals surface area contributed by atoms with Gasteiger partial charge in [-0.05, 0) is 17.6 Å². The molecule has 108 valence electrons. The largest absolute Gasteiger partial charge is 0.497 e. The molecule has 0 unspecified atom stereocenters. The summed E-state index contributed by atoms with van der Waals surface area (Å²) in [5.41, 5.74) is 0. The summed E-state index contributed by atoms with van der Waals surface area (Å²) in [5.74, 6) is 1.05. The number of aromatic nitrogens is 2. The number of hydrogen-bond donors (Lipinski definition) is 0. The fraction of sp³-hybridized carbons (Fsp3) is 0.273. The van der Waals surface area contributed by atoms with Crippen molar-refractivity contribution in [2.75, 3.05) is 25.6 Å². The molecule has 0 saturated heterocycles. The minimum Gasteiger partial charge on any atom is -0.497 e. The van der Waals surface area contributed by atoms with Crippen molar-refractivity contribution >= 4 is 27.4 Å². The summed E-state index contributed by atoms with van der Waals surface area (Å²) < 4.78 is 39.8. The molecule has 0 aromatic carbocycles. The van der Waals surface area contributed by atoms with Crippen molar-refractivity contribution in [3.63, 3.8) is 0 Å². The van der Waals surface area contributed by atoms with Gasteiger partial charge in [0.15, 0.2) is 4.21 Å². The molecule has 0 bridgehead atoms. The van der Waals surface area contributed by atoms with E-state index < -0.39 is 10.0 Å². The smallest absolute Gasteiger partial charge is 0.276 e. The van der Waals surface area contributed by atoms with Crippen molar-refractivity contribution < 1.29 is 17.9 Å². The molecule has 2 heterocycles. The zero-order chi connectivity index (χ0) is 14.8. The van der Waals surface area contributed by atoms with Crippen LogP contribution in [0.4, 0.5) is 5.82 Å². The van der Waals surface area contributed by atoms with E-state index in [0.29, 0.717) is 5.75 Å². The fourth-order valence-electron chi connectivity index (χ4n) is 1.42. The molecule has 20 heavy (non-hydrogen) atoms. The molecule has 7 nitrogen and oxygen atoms in total. The molecule has 0 aliphatic carbocycles. The maximum Gasteiger partial charge on any atom is 0.276 e. The van der Waals surface area contributed by atoms with E-state index in [1.54, 1.807) is 6.07 Å². The second-order valence-electron chi connectivity index (χ2n) is 3.71. The molecule has 9 heteroatoms. The normalized spacial score (nSPS) is 11.2. The highest BCUT2D eigenvalue weighted by Gasteiger charge is 2.25. The number of rotatable bonds is 5. The monoisotopic (exact) mass is 315 g/mol. The molecule has 0 aliphatic rings. The average Bonchev–Trinajstić information content (AvgIpc) is 2.96. The minimum atomic E-state index is -3.71. The summed E-state index contributed by atoms with van der Waals surface area (Å²) in [6, 6.07) is 4.55. The van der Waals surface area contributed by atoms with Crippen LogP contribution in [0.15, 0.2) is 28.6 Å². The van der Waals surface area contributed by atoms with Crippen molar-refractivity contribution in [3.05, 3.63) is 24.4 Å². The molecule has 0 radical (unpaired) electrons. The van der Waals surface area contributed by atoms with Gasteiger partial charge < -0.3 is 9.47 Å². The highest BCUT2D eigenvalue weighted by Crippen LogP contribution is 2.27. The molecule has 0 aliphatic heterocycles. The van der Waals surface area contributed by atoms with Crippen LogP contribution < -0.4 is 13.8 Å². The van der Waals surface area contributed by atoms with Crippen molar-refractivity contribution in [1.82, 2.24) is 9.36 Å². The summed E-state index contributed by atoms with van der Waals surface area (Å²) in [6.45, 7) is 0. The number of hydrogen-bond acceptors (Lipinski definition) is 7. The van der Waals surface area contributed by atoms with E-state index in [9.17, 15) is 8.42 Å². The van der Waals surface area contributed by atoms with Crippen LogP contribution in [0.3, 0.4) is 0 Å². The predicted molar refractivity (Wildman–Crippen MR) is 75.0 cm³/mol. The van der Waals surface area contributed by atoms with E-state index in [2.05, 4.69) is 9.36 Å². The third-order valence-electron chi connectivity index (χ3n) is 2.57. The minimum absolute atomic E-state index is 0.0847. The Morgan fingerprint density at radius 2 is 2.00 bits per heavy atom. The van der Waals surface area contributed by atoms with Gasteiger partial charge in [-0.2, -0.15) is 4.37 Å². The Labute approximate surface area is 121 Å². The van der Waals surface area contributed by atoms with Crippen LogP contribution in [0, 0.1) is 0 Å². The van der Waals surface area contributed by atoms with Gasteiger partial charge in [0, 0.05) is 25.4 Å². The molecule has 2 aromatic heterocycles. The van der Waals surface area contributed by atoms with E-state index in [0.717, 1.165) is 15.8 Å². The summed E-state index contributed by atoms with van der Waals surface area (Å²) in [4.78, 5) is 4.03. The van der Waals surface area contributed by atoms with E-state index in [4.69, 9.17) is 9.47 Å². The van der Waals surface area contributed by atoms with Gasteiger partial charge in [-0.3, -0.25) is 4.31 Å². The maximum absolute atomic E-state index is 12.4.